The second-order valence-electron chi connectivity index (χ2n) is 4.32. The van der Waals surface area contributed by atoms with Crippen molar-refractivity contribution >= 4 is 46.3 Å². The Morgan fingerprint density at radius 2 is 1.00 bits per heavy atom. The number of carboxylic acids is 2. The van der Waals surface area contributed by atoms with Gasteiger partial charge in [-0.25, -0.2) is 9.59 Å². The Balaban J connectivity index is 2.87. The van der Waals surface area contributed by atoms with E-state index in [2.05, 4.69) is 0 Å². The van der Waals surface area contributed by atoms with E-state index in [1.165, 1.54) is 24.3 Å². The molecule has 0 aromatic heterocycles. The second-order valence-corrected chi connectivity index (χ2v) is 5.13. The molecule has 0 aliphatic heterocycles. The highest BCUT2D eigenvalue weighted by Gasteiger charge is 2.26. The minimum absolute atomic E-state index is 0.119. The summed E-state index contributed by atoms with van der Waals surface area (Å²) in [7, 11) is 0. The summed E-state index contributed by atoms with van der Waals surface area (Å²) in [6.45, 7) is 0. The Kier molecular flexibility index (Phi) is 4.85. The van der Waals surface area contributed by atoms with Gasteiger partial charge < -0.3 is 10.2 Å². The molecule has 0 fully saturated rings. The summed E-state index contributed by atoms with van der Waals surface area (Å²) in [6.07, 6.45) is 0. The number of carboxylic acid groups (broad SMARTS) is 2. The summed E-state index contributed by atoms with van der Waals surface area (Å²) in [6, 6.07) is 12.3. The van der Waals surface area contributed by atoms with E-state index in [0.29, 0.717) is 0 Å². The molecule has 0 bridgehead atoms. The zero-order valence-electron chi connectivity index (χ0n) is 11.1. The maximum absolute atomic E-state index is 11.7. The molecule has 0 heterocycles. The van der Waals surface area contributed by atoms with E-state index in [9.17, 15) is 19.8 Å². The molecule has 0 aliphatic rings. The minimum atomic E-state index is -1.40. The molecule has 2 aromatic carbocycles. The molecule has 112 valence electrons. The summed E-state index contributed by atoms with van der Waals surface area (Å²) < 4.78 is 0. The predicted molar refractivity (Wildman–Crippen MR) is 85.0 cm³/mol. The van der Waals surface area contributed by atoms with Crippen molar-refractivity contribution < 1.29 is 19.8 Å². The molecule has 0 atom stereocenters. The van der Waals surface area contributed by atoms with Crippen LogP contribution in [0.5, 0.6) is 0 Å². The number of hydrogen-bond acceptors (Lipinski definition) is 2. The first kappa shape index (κ1) is 16.1. The van der Waals surface area contributed by atoms with Gasteiger partial charge in [0.2, 0.25) is 0 Å². The van der Waals surface area contributed by atoms with Crippen molar-refractivity contribution in [2.75, 3.05) is 0 Å². The Hall–Kier alpha value is -2.30. The maximum atomic E-state index is 11.7. The zero-order chi connectivity index (χ0) is 16.3. The molecular weight excluding hydrogens is 327 g/mol. The fraction of sp³-hybridized carbons (Fsp3) is 0. The van der Waals surface area contributed by atoms with Crippen LogP contribution in [0.4, 0.5) is 0 Å². The standard InChI is InChI=1S/C16H10Cl2O4/c17-11-7-3-1-5-9(11)13(15(19)20)14(16(21)22)10-6-2-4-8-12(10)18/h1-8H,(H,19,20)(H,21,22)/b14-13+. The average molecular weight is 337 g/mol. The van der Waals surface area contributed by atoms with Crippen molar-refractivity contribution in [3.05, 3.63) is 69.7 Å². The lowest BCUT2D eigenvalue weighted by atomic mass is 9.94. The van der Waals surface area contributed by atoms with E-state index in [0.717, 1.165) is 0 Å². The average Bonchev–Trinajstić information content (AvgIpc) is 2.46. The van der Waals surface area contributed by atoms with Crippen LogP contribution in [0.25, 0.3) is 11.1 Å². The lowest BCUT2D eigenvalue weighted by Crippen LogP contribution is -2.10. The Labute approximate surface area is 136 Å². The SMILES string of the molecule is O=C(O)/C(=C(/C(=O)O)c1ccccc1Cl)c1ccccc1Cl. The van der Waals surface area contributed by atoms with Crippen molar-refractivity contribution in [2.24, 2.45) is 0 Å². The van der Waals surface area contributed by atoms with Gasteiger partial charge in [-0.05, 0) is 12.1 Å². The summed E-state index contributed by atoms with van der Waals surface area (Å²) in [5, 5.41) is 19.3. The second kappa shape index (κ2) is 6.64. The molecule has 22 heavy (non-hydrogen) atoms. The summed E-state index contributed by atoms with van der Waals surface area (Å²) in [4.78, 5) is 23.3. The van der Waals surface area contributed by atoms with E-state index in [-0.39, 0.29) is 21.2 Å². The molecule has 0 saturated carbocycles. The molecule has 4 nitrogen and oxygen atoms in total. The Morgan fingerprint density at radius 3 is 1.27 bits per heavy atom. The third-order valence-electron chi connectivity index (χ3n) is 2.96. The van der Waals surface area contributed by atoms with E-state index in [1.807, 2.05) is 0 Å². The minimum Gasteiger partial charge on any atom is -0.478 e. The first-order valence-corrected chi connectivity index (χ1v) is 6.89. The summed E-state index contributed by atoms with van der Waals surface area (Å²) in [5.41, 5.74) is -0.583. The van der Waals surface area contributed by atoms with Gasteiger partial charge in [0.25, 0.3) is 0 Å². The lowest BCUT2D eigenvalue weighted by Gasteiger charge is -2.12. The van der Waals surface area contributed by atoms with Gasteiger partial charge in [-0.2, -0.15) is 0 Å². The number of carbonyl (C=O) groups is 2. The van der Waals surface area contributed by atoms with Gasteiger partial charge in [0.15, 0.2) is 0 Å². The Morgan fingerprint density at radius 1 is 0.682 bits per heavy atom. The van der Waals surface area contributed by atoms with Crippen LogP contribution in [0.3, 0.4) is 0 Å². The van der Waals surface area contributed by atoms with Gasteiger partial charge in [0, 0.05) is 21.2 Å². The highest BCUT2D eigenvalue weighted by Crippen LogP contribution is 2.34. The molecule has 0 amide bonds. The first-order valence-electron chi connectivity index (χ1n) is 6.14. The van der Waals surface area contributed by atoms with E-state index in [1.54, 1.807) is 24.3 Å². The molecule has 6 heteroatoms. The molecule has 0 aliphatic carbocycles. The normalized spacial score (nSPS) is 11.7. The van der Waals surface area contributed by atoms with Gasteiger partial charge in [0.05, 0.1) is 11.1 Å². The summed E-state index contributed by atoms with van der Waals surface area (Å²) >= 11 is 12.0. The van der Waals surface area contributed by atoms with Crippen LogP contribution >= 0.6 is 23.2 Å². The van der Waals surface area contributed by atoms with E-state index < -0.39 is 23.1 Å². The van der Waals surface area contributed by atoms with Gasteiger partial charge in [0.1, 0.15) is 0 Å². The van der Waals surface area contributed by atoms with Crippen molar-refractivity contribution in [3.8, 4) is 0 Å². The molecule has 0 radical (unpaired) electrons. The summed E-state index contributed by atoms with van der Waals surface area (Å²) in [5.74, 6) is -2.80. The highest BCUT2D eigenvalue weighted by molar-refractivity contribution is 6.43. The van der Waals surface area contributed by atoms with Crippen LogP contribution in [0, 0.1) is 0 Å². The molecule has 2 rings (SSSR count). The number of benzene rings is 2. The third-order valence-corrected chi connectivity index (χ3v) is 3.62. The highest BCUT2D eigenvalue weighted by atomic mass is 35.5. The zero-order valence-corrected chi connectivity index (χ0v) is 12.6. The van der Waals surface area contributed by atoms with Crippen LogP contribution < -0.4 is 0 Å². The van der Waals surface area contributed by atoms with Gasteiger partial charge in [-0.15, -0.1) is 0 Å². The fourth-order valence-electron chi connectivity index (χ4n) is 2.04. The smallest absolute Gasteiger partial charge is 0.337 e. The lowest BCUT2D eigenvalue weighted by molar-refractivity contribution is -0.132. The molecule has 0 saturated heterocycles. The number of aliphatic carboxylic acids is 2. The topological polar surface area (TPSA) is 74.6 Å². The van der Waals surface area contributed by atoms with Crippen LogP contribution in [-0.4, -0.2) is 22.2 Å². The quantitative estimate of drug-likeness (QED) is 0.651. The first-order chi connectivity index (χ1) is 10.4. The maximum Gasteiger partial charge on any atom is 0.337 e. The van der Waals surface area contributed by atoms with E-state index in [4.69, 9.17) is 23.2 Å². The monoisotopic (exact) mass is 336 g/mol. The van der Waals surface area contributed by atoms with Crippen LogP contribution in [0.1, 0.15) is 11.1 Å². The van der Waals surface area contributed by atoms with Crippen molar-refractivity contribution in [2.45, 2.75) is 0 Å². The van der Waals surface area contributed by atoms with Gasteiger partial charge >= 0.3 is 11.9 Å². The molecule has 2 aromatic rings. The third kappa shape index (κ3) is 3.13. The molecular formula is C16H10Cl2O4. The molecule has 0 spiro atoms. The number of halogens is 2. The van der Waals surface area contributed by atoms with Gasteiger partial charge in [-0.1, -0.05) is 59.6 Å². The largest absolute Gasteiger partial charge is 0.478 e. The van der Waals surface area contributed by atoms with E-state index >= 15 is 0 Å². The number of rotatable bonds is 4. The van der Waals surface area contributed by atoms with Crippen molar-refractivity contribution in [1.82, 2.24) is 0 Å². The van der Waals surface area contributed by atoms with Crippen LogP contribution in [-0.2, 0) is 9.59 Å². The fourth-order valence-corrected chi connectivity index (χ4v) is 2.50. The van der Waals surface area contributed by atoms with Gasteiger partial charge in [-0.3, -0.25) is 0 Å². The van der Waals surface area contributed by atoms with Crippen molar-refractivity contribution in [1.29, 1.82) is 0 Å². The molecule has 2 N–H and O–H groups in total. The molecule has 0 unspecified atom stereocenters. The number of hydrogen-bond donors (Lipinski definition) is 2. The Bertz CT molecular complexity index is 716. The van der Waals surface area contributed by atoms with Crippen LogP contribution in [0.2, 0.25) is 10.0 Å². The van der Waals surface area contributed by atoms with Crippen LogP contribution in [0.15, 0.2) is 48.5 Å². The predicted octanol–water partition coefficient (Wildman–Crippen LogP) is 4.07. The van der Waals surface area contributed by atoms with Crippen molar-refractivity contribution in [3.63, 3.8) is 0 Å².